The number of hydrogen-bond donors (Lipinski definition) is 1. The lowest BCUT2D eigenvalue weighted by atomic mass is 10.1. The Balaban J connectivity index is 1.74. The molecule has 2 rings (SSSR count). The summed E-state index contributed by atoms with van der Waals surface area (Å²) in [6, 6.07) is 20.0. The highest BCUT2D eigenvalue weighted by molar-refractivity contribution is 8.13. The fraction of sp³-hybridized carbons (Fsp3) is 0.235. The van der Waals surface area contributed by atoms with Gasteiger partial charge in [-0.25, -0.2) is 0 Å². The van der Waals surface area contributed by atoms with E-state index in [2.05, 4.69) is 17.1 Å². The van der Waals surface area contributed by atoms with Gasteiger partial charge in [-0.2, -0.15) is 0 Å². The highest BCUT2D eigenvalue weighted by Gasteiger charge is 2.04. The highest BCUT2D eigenvalue weighted by atomic mass is 32.2. The van der Waals surface area contributed by atoms with Gasteiger partial charge in [-0.1, -0.05) is 60.3 Å². The second-order valence-electron chi connectivity index (χ2n) is 4.56. The predicted molar refractivity (Wildman–Crippen MR) is 90.9 cm³/mol. The van der Waals surface area contributed by atoms with E-state index in [9.17, 15) is 0 Å². The minimum absolute atomic E-state index is 0.0775. The maximum atomic E-state index is 5.95. The van der Waals surface area contributed by atoms with Gasteiger partial charge >= 0.3 is 0 Å². The van der Waals surface area contributed by atoms with Gasteiger partial charge in [0.25, 0.3) is 0 Å². The molecule has 0 saturated carbocycles. The molecule has 3 nitrogen and oxygen atoms in total. The molecule has 2 aromatic rings. The molecule has 0 unspecified atom stereocenters. The monoisotopic (exact) mass is 300 g/mol. The molecule has 2 N–H and O–H groups in total. The predicted octanol–water partition coefficient (Wildman–Crippen LogP) is 3.87. The van der Waals surface area contributed by atoms with Crippen molar-refractivity contribution in [3.8, 4) is 5.75 Å². The number of hydrogen-bond acceptors (Lipinski definition) is 3. The Morgan fingerprint density at radius 3 is 2.38 bits per heavy atom. The molecule has 2 aromatic carbocycles. The van der Waals surface area contributed by atoms with Crippen molar-refractivity contribution in [2.75, 3.05) is 12.4 Å². The number of aliphatic imine (C=N–C) groups is 1. The van der Waals surface area contributed by atoms with E-state index in [1.165, 1.54) is 17.3 Å². The summed E-state index contributed by atoms with van der Waals surface area (Å²) in [5.41, 5.74) is 7.12. The summed E-state index contributed by atoms with van der Waals surface area (Å²) < 4.78 is 5.61. The van der Waals surface area contributed by atoms with E-state index in [-0.39, 0.29) is 6.04 Å². The Morgan fingerprint density at radius 1 is 1.10 bits per heavy atom. The zero-order chi connectivity index (χ0) is 14.9. The molecule has 0 bridgehead atoms. The number of amidine groups is 1. The Labute approximate surface area is 130 Å². The molecule has 4 heteroatoms. The first-order valence-electron chi connectivity index (χ1n) is 6.94. The summed E-state index contributed by atoms with van der Waals surface area (Å²) in [7, 11) is 0. The first kappa shape index (κ1) is 15.4. The fourth-order valence-corrected chi connectivity index (χ4v) is 2.47. The van der Waals surface area contributed by atoms with Crippen LogP contribution in [0.5, 0.6) is 5.75 Å². The molecule has 0 aromatic heterocycles. The van der Waals surface area contributed by atoms with Gasteiger partial charge in [0.05, 0.1) is 12.6 Å². The Hall–Kier alpha value is -1.94. The molecule has 0 aliphatic carbocycles. The Kier molecular flexibility index (Phi) is 6.16. The van der Waals surface area contributed by atoms with Crippen LogP contribution in [0.1, 0.15) is 18.5 Å². The SMILES string of the molecule is C[C@@H](N=C(N)SCCOc1ccccc1)c1ccccc1. The van der Waals surface area contributed by atoms with E-state index in [1.807, 2.05) is 55.5 Å². The van der Waals surface area contributed by atoms with Crippen LogP contribution in [0.3, 0.4) is 0 Å². The molecule has 0 radical (unpaired) electrons. The van der Waals surface area contributed by atoms with Gasteiger partial charge in [0.15, 0.2) is 5.17 Å². The molecule has 0 heterocycles. The maximum absolute atomic E-state index is 5.95. The summed E-state index contributed by atoms with van der Waals surface area (Å²) in [5.74, 6) is 1.66. The average molecular weight is 300 g/mol. The minimum atomic E-state index is 0.0775. The van der Waals surface area contributed by atoms with Crippen LogP contribution in [0, 0.1) is 0 Å². The van der Waals surface area contributed by atoms with Gasteiger partial charge in [-0.05, 0) is 24.6 Å². The van der Waals surface area contributed by atoms with Gasteiger partial charge in [-0.3, -0.25) is 4.99 Å². The van der Waals surface area contributed by atoms with Gasteiger partial charge in [0.1, 0.15) is 5.75 Å². The third-order valence-electron chi connectivity index (χ3n) is 2.95. The molecule has 0 aliphatic rings. The van der Waals surface area contributed by atoms with Gasteiger partial charge in [-0.15, -0.1) is 0 Å². The first-order chi connectivity index (χ1) is 10.3. The minimum Gasteiger partial charge on any atom is -0.493 e. The topological polar surface area (TPSA) is 47.6 Å². The van der Waals surface area contributed by atoms with Crippen LogP contribution in [-0.2, 0) is 0 Å². The first-order valence-corrected chi connectivity index (χ1v) is 7.93. The van der Waals surface area contributed by atoms with E-state index in [4.69, 9.17) is 10.5 Å². The third kappa shape index (κ3) is 5.52. The van der Waals surface area contributed by atoms with E-state index >= 15 is 0 Å². The second-order valence-corrected chi connectivity index (χ2v) is 5.68. The number of rotatable bonds is 6. The molecule has 21 heavy (non-hydrogen) atoms. The lowest BCUT2D eigenvalue weighted by Gasteiger charge is -2.09. The molecular formula is C17H20N2OS. The number of nitrogens with zero attached hydrogens (tertiary/aromatic N) is 1. The Morgan fingerprint density at radius 2 is 1.71 bits per heavy atom. The van der Waals surface area contributed by atoms with Crippen molar-refractivity contribution in [2.24, 2.45) is 10.7 Å². The fourth-order valence-electron chi connectivity index (χ4n) is 1.86. The van der Waals surface area contributed by atoms with Crippen molar-refractivity contribution in [2.45, 2.75) is 13.0 Å². The van der Waals surface area contributed by atoms with Crippen LogP contribution < -0.4 is 10.5 Å². The third-order valence-corrected chi connectivity index (χ3v) is 3.72. The van der Waals surface area contributed by atoms with E-state index in [1.54, 1.807) is 0 Å². The number of nitrogens with two attached hydrogens (primary N) is 1. The smallest absolute Gasteiger partial charge is 0.154 e. The molecule has 0 saturated heterocycles. The summed E-state index contributed by atoms with van der Waals surface area (Å²) >= 11 is 1.52. The standard InChI is InChI=1S/C17H20N2OS/c1-14(15-8-4-2-5-9-15)19-17(18)21-13-12-20-16-10-6-3-7-11-16/h2-11,14H,12-13H2,1H3,(H2,18,19)/t14-/m1/s1. The lowest BCUT2D eigenvalue weighted by Crippen LogP contribution is -2.11. The molecule has 0 fully saturated rings. The van der Waals surface area contributed by atoms with Crippen LogP contribution in [0.2, 0.25) is 0 Å². The summed E-state index contributed by atoms with van der Waals surface area (Å²) in [5, 5.41) is 0.600. The van der Waals surface area contributed by atoms with Crippen LogP contribution in [0.4, 0.5) is 0 Å². The summed E-state index contributed by atoms with van der Waals surface area (Å²) in [6.45, 7) is 2.66. The summed E-state index contributed by atoms with van der Waals surface area (Å²) in [4.78, 5) is 4.49. The van der Waals surface area contributed by atoms with Gasteiger partial charge < -0.3 is 10.5 Å². The molecule has 1 atom stereocenters. The number of thioether (sulfide) groups is 1. The molecule has 0 spiro atoms. The van der Waals surface area contributed by atoms with E-state index in [0.29, 0.717) is 11.8 Å². The maximum Gasteiger partial charge on any atom is 0.154 e. The van der Waals surface area contributed by atoms with Crippen molar-refractivity contribution < 1.29 is 4.74 Å². The zero-order valence-electron chi connectivity index (χ0n) is 12.1. The van der Waals surface area contributed by atoms with E-state index in [0.717, 1.165) is 11.5 Å². The van der Waals surface area contributed by atoms with Crippen molar-refractivity contribution in [3.05, 3.63) is 66.2 Å². The highest BCUT2D eigenvalue weighted by Crippen LogP contribution is 2.17. The quantitative estimate of drug-likeness (QED) is 0.500. The van der Waals surface area contributed by atoms with Crippen LogP contribution in [-0.4, -0.2) is 17.5 Å². The lowest BCUT2D eigenvalue weighted by molar-refractivity contribution is 0.344. The Bertz CT molecular complexity index is 558. The van der Waals surface area contributed by atoms with Gasteiger partial charge in [0.2, 0.25) is 0 Å². The normalized spacial score (nSPS) is 12.9. The second kappa shape index (κ2) is 8.37. The molecule has 0 amide bonds. The number of para-hydroxylation sites is 1. The average Bonchev–Trinajstić information content (AvgIpc) is 2.53. The van der Waals surface area contributed by atoms with Crippen LogP contribution >= 0.6 is 11.8 Å². The van der Waals surface area contributed by atoms with Crippen LogP contribution in [0.15, 0.2) is 65.7 Å². The van der Waals surface area contributed by atoms with Crippen molar-refractivity contribution in [1.82, 2.24) is 0 Å². The summed E-state index contributed by atoms with van der Waals surface area (Å²) in [6.07, 6.45) is 0. The largest absolute Gasteiger partial charge is 0.493 e. The number of benzene rings is 2. The molecule has 0 aliphatic heterocycles. The zero-order valence-corrected chi connectivity index (χ0v) is 12.9. The molecule has 110 valence electrons. The van der Waals surface area contributed by atoms with Crippen molar-refractivity contribution in [3.63, 3.8) is 0 Å². The number of ether oxygens (including phenoxy) is 1. The van der Waals surface area contributed by atoms with Crippen molar-refractivity contribution >= 4 is 16.9 Å². The van der Waals surface area contributed by atoms with Crippen LogP contribution in [0.25, 0.3) is 0 Å². The van der Waals surface area contributed by atoms with Gasteiger partial charge in [0, 0.05) is 5.75 Å². The molecular weight excluding hydrogens is 280 g/mol. The van der Waals surface area contributed by atoms with Crippen molar-refractivity contribution in [1.29, 1.82) is 0 Å². The van der Waals surface area contributed by atoms with E-state index < -0.39 is 0 Å².